The standard InChI is InChI=1S/C26H35O2P.C21H21FN4O2/c1-27-23-17-11-18-24(28-2)26(23)22-16-9-10-19-25(22)29(20-12-5-3-6-13-20)21-14-7-4-8-15-21;22-17-4-5-18(24-9-11-28-12-10-24)20-16(17)14-26(21(20)27)8-6-15-13-25-7-2-1-3-19(25)23-15/h9-11,16-21H,3-8,12-15H2,1-2H3;1-5,7,13H,6,8-12,14H2. The molecule has 4 aliphatic rings. The maximum Gasteiger partial charge on any atom is 0.256 e. The molecule has 0 unspecified atom stereocenters. The molecule has 0 radical (unpaired) electrons. The van der Waals surface area contributed by atoms with Crippen LogP contribution in [-0.4, -0.2) is 78.6 Å². The number of methoxy groups -OCH3 is 2. The number of benzene rings is 3. The summed E-state index contributed by atoms with van der Waals surface area (Å²) >= 11 is 0. The Bertz CT molecular complexity index is 2070. The second kappa shape index (κ2) is 18.4. The number of fused-ring (bicyclic) bond motifs is 2. The molecular formula is C47H56FN4O4P. The topological polar surface area (TPSA) is 68.5 Å². The van der Waals surface area contributed by atoms with Crippen molar-refractivity contribution in [1.29, 1.82) is 0 Å². The van der Waals surface area contributed by atoms with E-state index in [1.807, 2.05) is 41.1 Å². The van der Waals surface area contributed by atoms with E-state index in [-0.39, 0.29) is 19.6 Å². The SMILES string of the molecule is COc1cccc(OC)c1-c1ccccc1P(C1CCCCC1)C1CCCCC1.O=C1c2c(N3CCOCC3)ccc(F)c2CN1CCc1cn2ccccc2n1. The Morgan fingerprint density at radius 1 is 0.789 bits per heavy atom. The number of hydrogen-bond acceptors (Lipinski definition) is 6. The van der Waals surface area contributed by atoms with Gasteiger partial charge in [0.2, 0.25) is 0 Å². The van der Waals surface area contributed by atoms with Crippen LogP contribution in [0.3, 0.4) is 0 Å². The molecule has 300 valence electrons. The largest absolute Gasteiger partial charge is 0.496 e. The van der Waals surface area contributed by atoms with Crippen molar-refractivity contribution in [3.05, 3.63) is 108 Å². The molecule has 2 saturated carbocycles. The third-order valence-electron chi connectivity index (χ3n) is 12.3. The van der Waals surface area contributed by atoms with Gasteiger partial charge in [0, 0.05) is 50.6 Å². The molecule has 8 nitrogen and oxygen atoms in total. The van der Waals surface area contributed by atoms with E-state index in [2.05, 4.69) is 46.3 Å². The number of imidazole rings is 1. The summed E-state index contributed by atoms with van der Waals surface area (Å²) < 4.78 is 33.4. The smallest absolute Gasteiger partial charge is 0.256 e. The number of nitrogens with zero attached hydrogens (tertiary/aromatic N) is 4. The Kier molecular flexibility index (Phi) is 12.7. The van der Waals surface area contributed by atoms with Gasteiger partial charge in [-0.15, -0.1) is 0 Å². The van der Waals surface area contributed by atoms with Crippen molar-refractivity contribution < 1.29 is 23.4 Å². The molecule has 57 heavy (non-hydrogen) atoms. The molecule has 1 saturated heterocycles. The van der Waals surface area contributed by atoms with E-state index in [4.69, 9.17) is 14.2 Å². The van der Waals surface area contributed by atoms with Gasteiger partial charge in [-0.2, -0.15) is 0 Å². The molecule has 0 atom stereocenters. The van der Waals surface area contributed by atoms with E-state index >= 15 is 0 Å². The number of rotatable bonds is 10. The lowest BCUT2D eigenvalue weighted by Crippen LogP contribution is -2.37. The summed E-state index contributed by atoms with van der Waals surface area (Å²) in [7, 11) is 3.36. The molecule has 9 rings (SSSR count). The fourth-order valence-electron chi connectivity index (χ4n) is 9.47. The number of pyridine rings is 1. The number of anilines is 1. The summed E-state index contributed by atoms with van der Waals surface area (Å²) in [6.07, 6.45) is 18.7. The molecule has 3 fully saturated rings. The van der Waals surface area contributed by atoms with Gasteiger partial charge < -0.3 is 28.4 Å². The normalized spacial score (nSPS) is 17.8. The van der Waals surface area contributed by atoms with E-state index in [9.17, 15) is 9.18 Å². The molecule has 5 aromatic rings. The summed E-state index contributed by atoms with van der Waals surface area (Å²) in [5, 5.41) is 1.59. The number of ether oxygens (including phenoxy) is 3. The lowest BCUT2D eigenvalue weighted by molar-refractivity contribution is 0.0779. The zero-order valence-electron chi connectivity index (χ0n) is 33.5. The molecule has 0 N–H and O–H groups in total. The van der Waals surface area contributed by atoms with Gasteiger partial charge >= 0.3 is 0 Å². The van der Waals surface area contributed by atoms with Crippen LogP contribution in [-0.2, 0) is 17.7 Å². The molecule has 0 bridgehead atoms. The highest BCUT2D eigenvalue weighted by Crippen LogP contribution is 2.57. The maximum atomic E-state index is 14.4. The quantitative estimate of drug-likeness (QED) is 0.131. The maximum absolute atomic E-state index is 14.4. The van der Waals surface area contributed by atoms with Crippen LogP contribution in [0, 0.1) is 5.82 Å². The predicted octanol–water partition coefficient (Wildman–Crippen LogP) is 9.65. The van der Waals surface area contributed by atoms with Gasteiger partial charge in [-0.25, -0.2) is 9.37 Å². The number of morpholine rings is 1. The van der Waals surface area contributed by atoms with Gasteiger partial charge in [0.05, 0.1) is 49.9 Å². The third-order valence-corrected chi connectivity index (χ3v) is 15.9. The van der Waals surface area contributed by atoms with Gasteiger partial charge in [0.1, 0.15) is 23.0 Å². The van der Waals surface area contributed by atoms with E-state index in [0.717, 1.165) is 45.4 Å². The fraction of sp³-hybridized carbons (Fsp3) is 0.447. The van der Waals surface area contributed by atoms with Crippen LogP contribution >= 0.6 is 7.92 Å². The minimum atomic E-state index is -0.310. The Hall–Kier alpha value is -4.46. The van der Waals surface area contributed by atoms with E-state index in [0.29, 0.717) is 56.9 Å². The molecule has 2 aliphatic heterocycles. The van der Waals surface area contributed by atoms with Gasteiger partial charge in [-0.05, 0) is 84.3 Å². The summed E-state index contributed by atoms with van der Waals surface area (Å²) in [4.78, 5) is 21.5. The van der Waals surface area contributed by atoms with Crippen molar-refractivity contribution in [3.63, 3.8) is 0 Å². The van der Waals surface area contributed by atoms with Crippen LogP contribution in [0.1, 0.15) is 85.8 Å². The van der Waals surface area contributed by atoms with Crippen LogP contribution < -0.4 is 19.7 Å². The van der Waals surface area contributed by atoms with Gasteiger partial charge in [-0.1, -0.05) is 82.8 Å². The highest BCUT2D eigenvalue weighted by atomic mass is 31.1. The fourth-order valence-corrected chi connectivity index (χ4v) is 13.4. The molecule has 3 aromatic carbocycles. The van der Waals surface area contributed by atoms with Crippen LogP contribution in [0.4, 0.5) is 10.1 Å². The summed E-state index contributed by atoms with van der Waals surface area (Å²) in [6, 6.07) is 24.4. The minimum absolute atomic E-state index is 0.0974. The number of aromatic nitrogens is 2. The monoisotopic (exact) mass is 790 g/mol. The second-order valence-corrected chi connectivity index (χ2v) is 18.5. The summed E-state index contributed by atoms with van der Waals surface area (Å²) in [5.74, 6) is 1.42. The highest BCUT2D eigenvalue weighted by Gasteiger charge is 2.36. The zero-order chi connectivity index (χ0) is 39.1. The average Bonchev–Trinajstić information content (AvgIpc) is 3.85. The Morgan fingerprint density at radius 2 is 1.46 bits per heavy atom. The number of carbonyl (C=O) groups is 1. The lowest BCUT2D eigenvalue weighted by atomic mass is 9.99. The lowest BCUT2D eigenvalue weighted by Gasteiger charge is -2.39. The van der Waals surface area contributed by atoms with Crippen molar-refractivity contribution in [2.75, 3.05) is 52.0 Å². The van der Waals surface area contributed by atoms with Crippen LogP contribution in [0.5, 0.6) is 11.5 Å². The average molecular weight is 791 g/mol. The second-order valence-electron chi connectivity index (χ2n) is 15.7. The van der Waals surface area contributed by atoms with Gasteiger partial charge in [0.15, 0.2) is 0 Å². The first-order valence-corrected chi connectivity index (χ1v) is 22.5. The molecule has 1 amide bonds. The number of amides is 1. The molecule has 10 heteroatoms. The highest BCUT2D eigenvalue weighted by molar-refractivity contribution is 7.67. The molecule has 0 spiro atoms. The van der Waals surface area contributed by atoms with E-state index in [1.165, 1.54) is 75.8 Å². The third kappa shape index (κ3) is 8.56. The van der Waals surface area contributed by atoms with E-state index < -0.39 is 0 Å². The van der Waals surface area contributed by atoms with Crippen LogP contribution in [0.25, 0.3) is 16.8 Å². The Balaban J connectivity index is 0.000000160. The first-order chi connectivity index (χ1) is 28.0. The number of halogens is 1. The molecule has 2 aromatic heterocycles. The molecular weight excluding hydrogens is 735 g/mol. The predicted molar refractivity (Wildman–Crippen MR) is 228 cm³/mol. The first-order valence-electron chi connectivity index (χ1n) is 21.0. The molecule has 2 aliphatic carbocycles. The van der Waals surface area contributed by atoms with Crippen molar-refractivity contribution in [2.24, 2.45) is 0 Å². The van der Waals surface area contributed by atoms with Gasteiger partial charge in [0.25, 0.3) is 5.91 Å². The van der Waals surface area contributed by atoms with Crippen molar-refractivity contribution >= 4 is 30.5 Å². The minimum Gasteiger partial charge on any atom is -0.496 e. The number of carbonyl (C=O) groups excluding carboxylic acids is 1. The van der Waals surface area contributed by atoms with Crippen molar-refractivity contribution in [1.82, 2.24) is 14.3 Å². The van der Waals surface area contributed by atoms with Crippen LogP contribution in [0.15, 0.2) is 85.2 Å². The van der Waals surface area contributed by atoms with Crippen molar-refractivity contribution in [2.45, 2.75) is 88.5 Å². The first kappa shape index (κ1) is 39.4. The van der Waals surface area contributed by atoms with Gasteiger partial charge in [-0.3, -0.25) is 4.79 Å². The van der Waals surface area contributed by atoms with Crippen LogP contribution in [0.2, 0.25) is 0 Å². The summed E-state index contributed by atoms with van der Waals surface area (Å²) in [5.41, 5.74) is 7.86. The summed E-state index contributed by atoms with van der Waals surface area (Å²) in [6.45, 7) is 3.50. The zero-order valence-corrected chi connectivity index (χ0v) is 34.4. The Labute approximate surface area is 338 Å². The van der Waals surface area contributed by atoms with Crippen molar-refractivity contribution in [3.8, 4) is 22.6 Å². The Morgan fingerprint density at radius 3 is 2.12 bits per heavy atom. The molecule has 4 heterocycles. The number of hydrogen-bond donors (Lipinski definition) is 0. The van der Waals surface area contributed by atoms with E-state index in [1.54, 1.807) is 30.5 Å².